The largest absolute Gasteiger partial charge is 0.206 e. The Morgan fingerprint density at radius 1 is 1.00 bits per heavy atom. The molecule has 0 bridgehead atoms. The summed E-state index contributed by atoms with van der Waals surface area (Å²) in [5.41, 5.74) is 1.25. The quantitative estimate of drug-likeness (QED) is 0.264. The molecule has 1 nitrogen and oxygen atoms in total. The van der Waals surface area contributed by atoms with Crippen molar-refractivity contribution in [2.24, 2.45) is 10.9 Å². The lowest BCUT2D eigenvalue weighted by Gasteiger charge is -2.06. The van der Waals surface area contributed by atoms with Crippen LogP contribution in [0.5, 0.6) is 0 Å². The molecule has 0 spiro atoms. The van der Waals surface area contributed by atoms with Gasteiger partial charge in [-0.1, -0.05) is 24.0 Å². The third kappa shape index (κ3) is 4.43. The molecular weight excluding hydrogens is 392 g/mol. The first kappa shape index (κ1) is 18.7. The van der Waals surface area contributed by atoms with Crippen molar-refractivity contribution in [3.63, 3.8) is 0 Å². The molecule has 0 N–H and O–H groups in total. The topological polar surface area (TPSA) is 12.4 Å². The number of hydrogen-bond acceptors (Lipinski definition) is 3. The van der Waals surface area contributed by atoms with Gasteiger partial charge in [0.1, 0.15) is 11.6 Å². The van der Waals surface area contributed by atoms with Crippen LogP contribution in [0.15, 0.2) is 53.5 Å². The van der Waals surface area contributed by atoms with Crippen LogP contribution in [0.2, 0.25) is 0 Å². The van der Waals surface area contributed by atoms with Crippen molar-refractivity contribution < 1.29 is 8.78 Å². The van der Waals surface area contributed by atoms with E-state index < -0.39 is 11.6 Å². The summed E-state index contributed by atoms with van der Waals surface area (Å²) in [6.45, 7) is 0. The molecule has 4 rings (SSSR count). The lowest BCUT2D eigenvalue weighted by molar-refractivity contribution is 0.589. The Morgan fingerprint density at radius 2 is 1.71 bits per heavy atom. The van der Waals surface area contributed by atoms with Gasteiger partial charge in [0.05, 0.1) is 21.3 Å². The van der Waals surface area contributed by atoms with Crippen LogP contribution in [0.3, 0.4) is 0 Å². The summed E-state index contributed by atoms with van der Waals surface area (Å²) in [4.78, 5) is 6.07. The van der Waals surface area contributed by atoms with Gasteiger partial charge in [-0.3, -0.25) is 0 Å². The molecule has 1 aliphatic carbocycles. The van der Waals surface area contributed by atoms with E-state index in [2.05, 4.69) is 40.3 Å². The van der Waals surface area contributed by atoms with E-state index in [0.29, 0.717) is 16.8 Å². The Balaban J connectivity index is 1.57. The van der Waals surface area contributed by atoms with Gasteiger partial charge in [0.25, 0.3) is 0 Å². The first-order chi connectivity index (χ1) is 13.6. The average Bonchev–Trinajstić information content (AvgIpc) is 3.37. The molecule has 1 aromatic heterocycles. The van der Waals surface area contributed by atoms with Crippen molar-refractivity contribution in [1.82, 2.24) is 0 Å². The second-order valence-electron chi connectivity index (χ2n) is 6.73. The van der Waals surface area contributed by atoms with Gasteiger partial charge in [-0.25, -0.2) is 8.78 Å². The Hall–Kier alpha value is -2.64. The highest BCUT2D eigenvalue weighted by Gasteiger charge is 2.22. The predicted molar refractivity (Wildman–Crippen MR) is 113 cm³/mol. The van der Waals surface area contributed by atoms with Crippen molar-refractivity contribution in [2.45, 2.75) is 19.3 Å². The molecule has 0 aliphatic heterocycles. The van der Waals surface area contributed by atoms with Crippen molar-refractivity contribution in [2.75, 3.05) is 0 Å². The molecule has 1 saturated carbocycles. The Kier molecular flexibility index (Phi) is 5.45. The molecular formula is C23H15F2NS2. The highest BCUT2D eigenvalue weighted by atomic mass is 32.1. The van der Waals surface area contributed by atoms with E-state index in [4.69, 9.17) is 0 Å². The van der Waals surface area contributed by atoms with E-state index in [1.807, 2.05) is 6.07 Å². The Bertz CT molecular complexity index is 1100. The lowest BCUT2D eigenvalue weighted by Crippen LogP contribution is -1.92. The zero-order valence-corrected chi connectivity index (χ0v) is 16.5. The fourth-order valence-electron chi connectivity index (χ4n) is 2.97. The van der Waals surface area contributed by atoms with Gasteiger partial charge < -0.3 is 0 Å². The number of aliphatic imine (C=N–C) groups is 1. The summed E-state index contributed by atoms with van der Waals surface area (Å²) < 4.78 is 29.1. The van der Waals surface area contributed by atoms with Crippen LogP contribution in [0.25, 0.3) is 11.1 Å². The maximum absolute atomic E-state index is 14.6. The van der Waals surface area contributed by atoms with Crippen molar-refractivity contribution in [3.05, 3.63) is 75.5 Å². The SMILES string of the molecule is Fc1cc(C#Cc2ccc(CC3CC3)s2)cc(F)c1-c1ccc(N=C=S)cc1. The molecule has 0 radical (unpaired) electrons. The molecule has 0 amide bonds. The van der Waals surface area contributed by atoms with Gasteiger partial charge in [-0.05, 0) is 79.4 Å². The lowest BCUT2D eigenvalue weighted by atomic mass is 10.0. The maximum Gasteiger partial charge on any atom is 0.135 e. The summed E-state index contributed by atoms with van der Waals surface area (Å²) in [6, 6.07) is 13.1. The van der Waals surface area contributed by atoms with Crippen LogP contribution in [0, 0.1) is 29.4 Å². The number of thiophene rings is 1. The molecule has 5 heteroatoms. The molecule has 0 saturated heterocycles. The fraction of sp³-hybridized carbons (Fsp3) is 0.174. The van der Waals surface area contributed by atoms with Gasteiger partial charge in [0, 0.05) is 10.4 Å². The number of benzene rings is 2. The molecule has 28 heavy (non-hydrogen) atoms. The molecule has 2 aromatic carbocycles. The van der Waals surface area contributed by atoms with Gasteiger partial charge in [0.2, 0.25) is 0 Å². The van der Waals surface area contributed by atoms with E-state index in [1.165, 1.54) is 29.9 Å². The standard InChI is InChI=1S/C23H15F2NS2/c24-21-12-16(3-8-19-9-10-20(28-19)11-15-1-2-15)13-22(25)23(21)17-4-6-18(7-5-17)26-14-27/h4-7,9-10,12-13,15H,1-2,11H2. The minimum absolute atomic E-state index is 0.0775. The summed E-state index contributed by atoms with van der Waals surface area (Å²) in [7, 11) is 0. The number of thiocarbonyl (C=S) groups is 1. The smallest absolute Gasteiger partial charge is 0.135 e. The molecule has 1 heterocycles. The first-order valence-corrected chi connectivity index (χ1v) is 10.1. The molecule has 3 aromatic rings. The van der Waals surface area contributed by atoms with E-state index in [9.17, 15) is 8.78 Å². The second kappa shape index (κ2) is 8.16. The number of rotatable bonds is 4. The van der Waals surface area contributed by atoms with Gasteiger partial charge in [-0.2, -0.15) is 4.99 Å². The van der Waals surface area contributed by atoms with Gasteiger partial charge in [-0.15, -0.1) is 11.3 Å². The van der Waals surface area contributed by atoms with Crippen molar-refractivity contribution >= 4 is 34.4 Å². The van der Waals surface area contributed by atoms with E-state index >= 15 is 0 Å². The molecule has 1 aliphatic rings. The number of halogens is 2. The summed E-state index contributed by atoms with van der Waals surface area (Å²) in [5.74, 6) is 5.43. The monoisotopic (exact) mass is 407 g/mol. The zero-order chi connectivity index (χ0) is 19.5. The number of hydrogen-bond donors (Lipinski definition) is 0. The third-order valence-corrected chi connectivity index (χ3v) is 5.67. The highest BCUT2D eigenvalue weighted by molar-refractivity contribution is 7.78. The van der Waals surface area contributed by atoms with Crippen LogP contribution >= 0.6 is 23.6 Å². The van der Waals surface area contributed by atoms with Crippen molar-refractivity contribution in [3.8, 4) is 23.0 Å². The van der Waals surface area contributed by atoms with Crippen LogP contribution in [0.4, 0.5) is 14.5 Å². The summed E-state index contributed by atoms with van der Waals surface area (Å²) in [5, 5.41) is 2.26. The second-order valence-corrected chi connectivity index (χ2v) is 8.08. The van der Waals surface area contributed by atoms with E-state index in [-0.39, 0.29) is 5.56 Å². The first-order valence-electron chi connectivity index (χ1n) is 8.90. The van der Waals surface area contributed by atoms with Gasteiger partial charge >= 0.3 is 0 Å². The summed E-state index contributed by atoms with van der Waals surface area (Å²) in [6.07, 6.45) is 3.73. The molecule has 0 unspecified atom stereocenters. The minimum Gasteiger partial charge on any atom is -0.206 e. The number of nitrogens with zero attached hydrogens (tertiary/aromatic N) is 1. The fourth-order valence-corrected chi connectivity index (χ4v) is 4.05. The van der Waals surface area contributed by atoms with Crippen LogP contribution in [-0.2, 0) is 6.42 Å². The molecule has 0 atom stereocenters. The maximum atomic E-state index is 14.6. The van der Waals surface area contributed by atoms with Crippen LogP contribution < -0.4 is 0 Å². The Labute approximate surface area is 171 Å². The average molecular weight is 408 g/mol. The highest BCUT2D eigenvalue weighted by Crippen LogP contribution is 2.34. The number of isothiocyanates is 1. The van der Waals surface area contributed by atoms with E-state index in [0.717, 1.165) is 17.2 Å². The predicted octanol–water partition coefficient (Wildman–Crippen LogP) is 6.78. The normalized spacial score (nSPS) is 12.8. The Morgan fingerprint density at radius 3 is 2.36 bits per heavy atom. The van der Waals surface area contributed by atoms with Crippen LogP contribution in [0.1, 0.15) is 28.2 Å². The van der Waals surface area contributed by atoms with Crippen molar-refractivity contribution in [1.29, 1.82) is 0 Å². The molecule has 1 fully saturated rings. The molecule has 138 valence electrons. The van der Waals surface area contributed by atoms with Crippen LogP contribution in [-0.4, -0.2) is 5.16 Å². The van der Waals surface area contributed by atoms with E-state index in [1.54, 1.807) is 35.6 Å². The zero-order valence-electron chi connectivity index (χ0n) is 14.8. The minimum atomic E-state index is -0.643. The van der Waals surface area contributed by atoms with Gasteiger partial charge in [0.15, 0.2) is 0 Å². The third-order valence-electron chi connectivity index (χ3n) is 4.55. The summed E-state index contributed by atoms with van der Waals surface area (Å²) >= 11 is 6.20.